The van der Waals surface area contributed by atoms with Gasteiger partial charge in [-0.15, -0.1) is 0 Å². The standard InChI is InChI=1S/C26H36N2O2/c1-3-28(4-2)18-16-21-15-17-27-24(19-21)25-20-29-26(30-25,22-11-7-5-8-12-22)23-13-9-6-10-14-23/h5-14,21,24-25,27H,3-4,15-20H2,1-2H3. The van der Waals surface area contributed by atoms with Crippen molar-refractivity contribution in [1.29, 1.82) is 0 Å². The van der Waals surface area contributed by atoms with Crippen molar-refractivity contribution in [3.05, 3.63) is 71.8 Å². The molecule has 0 radical (unpaired) electrons. The summed E-state index contributed by atoms with van der Waals surface area (Å²) in [4.78, 5) is 2.53. The number of rotatable bonds is 8. The van der Waals surface area contributed by atoms with Gasteiger partial charge in [0.1, 0.15) is 6.10 Å². The average molecular weight is 409 g/mol. The Morgan fingerprint density at radius 2 is 1.60 bits per heavy atom. The molecular formula is C26H36N2O2. The molecule has 2 aliphatic rings. The molecule has 2 saturated heterocycles. The van der Waals surface area contributed by atoms with Crippen LogP contribution < -0.4 is 5.32 Å². The van der Waals surface area contributed by atoms with Gasteiger partial charge in [0.2, 0.25) is 5.79 Å². The van der Waals surface area contributed by atoms with Gasteiger partial charge in [-0.2, -0.15) is 0 Å². The van der Waals surface area contributed by atoms with Crippen LogP contribution in [0.25, 0.3) is 0 Å². The highest BCUT2D eigenvalue weighted by Gasteiger charge is 2.47. The summed E-state index contributed by atoms with van der Waals surface area (Å²) >= 11 is 0. The zero-order valence-electron chi connectivity index (χ0n) is 18.4. The van der Waals surface area contributed by atoms with E-state index in [-0.39, 0.29) is 6.10 Å². The third-order valence-electron chi connectivity index (χ3n) is 6.82. The second-order valence-electron chi connectivity index (χ2n) is 8.58. The maximum atomic E-state index is 6.78. The molecule has 3 atom stereocenters. The van der Waals surface area contributed by atoms with E-state index in [0.29, 0.717) is 12.6 Å². The lowest BCUT2D eigenvalue weighted by molar-refractivity contribution is -0.147. The number of hydrogen-bond donors (Lipinski definition) is 1. The molecule has 4 rings (SSSR count). The first-order valence-corrected chi connectivity index (χ1v) is 11.6. The van der Waals surface area contributed by atoms with Gasteiger partial charge in [-0.3, -0.25) is 0 Å². The van der Waals surface area contributed by atoms with Crippen molar-refractivity contribution < 1.29 is 9.47 Å². The molecular weight excluding hydrogens is 372 g/mol. The summed E-state index contributed by atoms with van der Waals surface area (Å²) in [5.41, 5.74) is 2.13. The Morgan fingerprint density at radius 3 is 2.20 bits per heavy atom. The lowest BCUT2D eigenvalue weighted by atomic mass is 9.87. The van der Waals surface area contributed by atoms with E-state index in [2.05, 4.69) is 72.6 Å². The largest absolute Gasteiger partial charge is 0.339 e. The van der Waals surface area contributed by atoms with Crippen molar-refractivity contribution in [1.82, 2.24) is 10.2 Å². The average Bonchev–Trinajstić information content (AvgIpc) is 3.28. The molecule has 0 spiro atoms. The maximum Gasteiger partial charge on any atom is 0.222 e. The molecule has 0 amide bonds. The Kier molecular flexibility index (Phi) is 7.21. The van der Waals surface area contributed by atoms with Gasteiger partial charge in [0.05, 0.1) is 6.61 Å². The summed E-state index contributed by atoms with van der Waals surface area (Å²) < 4.78 is 13.3. The highest BCUT2D eigenvalue weighted by molar-refractivity contribution is 5.34. The molecule has 30 heavy (non-hydrogen) atoms. The smallest absolute Gasteiger partial charge is 0.222 e. The molecule has 0 aliphatic carbocycles. The minimum absolute atomic E-state index is 0.0571. The van der Waals surface area contributed by atoms with Crippen LogP contribution in [0.4, 0.5) is 0 Å². The van der Waals surface area contributed by atoms with E-state index in [4.69, 9.17) is 9.47 Å². The summed E-state index contributed by atoms with van der Waals surface area (Å²) in [5, 5.41) is 3.73. The summed E-state index contributed by atoms with van der Waals surface area (Å²) in [6, 6.07) is 21.1. The lowest BCUT2D eigenvalue weighted by Crippen LogP contribution is -2.48. The molecule has 2 aromatic carbocycles. The Morgan fingerprint density at radius 1 is 0.967 bits per heavy atom. The first-order chi connectivity index (χ1) is 14.7. The van der Waals surface area contributed by atoms with Gasteiger partial charge in [-0.25, -0.2) is 0 Å². The normalized spacial score (nSPS) is 26.2. The van der Waals surface area contributed by atoms with Crippen LogP contribution in [0.1, 0.15) is 44.2 Å². The van der Waals surface area contributed by atoms with Gasteiger partial charge < -0.3 is 19.7 Å². The van der Waals surface area contributed by atoms with Crippen LogP contribution in [-0.2, 0) is 15.3 Å². The molecule has 3 unspecified atom stereocenters. The van der Waals surface area contributed by atoms with E-state index in [0.717, 1.165) is 43.1 Å². The second kappa shape index (κ2) is 10.1. The molecule has 0 aromatic heterocycles. The number of benzene rings is 2. The summed E-state index contributed by atoms with van der Waals surface area (Å²) in [7, 11) is 0. The fourth-order valence-corrected chi connectivity index (χ4v) is 4.95. The second-order valence-corrected chi connectivity index (χ2v) is 8.58. The quantitative estimate of drug-likeness (QED) is 0.702. The topological polar surface area (TPSA) is 33.7 Å². The van der Waals surface area contributed by atoms with E-state index in [9.17, 15) is 0 Å². The van der Waals surface area contributed by atoms with Crippen LogP contribution >= 0.6 is 0 Å². The van der Waals surface area contributed by atoms with Crippen LogP contribution in [0, 0.1) is 5.92 Å². The molecule has 2 aromatic rings. The van der Waals surface area contributed by atoms with E-state index in [1.165, 1.54) is 19.4 Å². The van der Waals surface area contributed by atoms with E-state index in [1.807, 2.05) is 12.1 Å². The minimum atomic E-state index is -0.816. The summed E-state index contributed by atoms with van der Waals surface area (Å²) in [6.07, 6.45) is 3.75. The first kappa shape index (κ1) is 21.5. The predicted molar refractivity (Wildman–Crippen MR) is 121 cm³/mol. The molecule has 4 heteroatoms. The Bertz CT molecular complexity index is 724. The summed E-state index contributed by atoms with van der Waals surface area (Å²) in [5.74, 6) is -0.0628. The number of nitrogens with zero attached hydrogens (tertiary/aromatic N) is 1. The third kappa shape index (κ3) is 4.62. The fourth-order valence-electron chi connectivity index (χ4n) is 4.95. The van der Waals surface area contributed by atoms with Crippen molar-refractivity contribution in [2.24, 2.45) is 5.92 Å². The zero-order chi connectivity index (χ0) is 20.8. The van der Waals surface area contributed by atoms with Gasteiger partial charge in [-0.05, 0) is 51.4 Å². The van der Waals surface area contributed by atoms with E-state index in [1.54, 1.807) is 0 Å². The minimum Gasteiger partial charge on any atom is -0.339 e. The van der Waals surface area contributed by atoms with Gasteiger partial charge in [0.25, 0.3) is 0 Å². The van der Waals surface area contributed by atoms with Crippen LogP contribution in [0.15, 0.2) is 60.7 Å². The molecule has 2 aliphatic heterocycles. The number of piperidine rings is 1. The van der Waals surface area contributed by atoms with Crippen molar-refractivity contribution in [2.75, 3.05) is 32.8 Å². The van der Waals surface area contributed by atoms with E-state index >= 15 is 0 Å². The Hall–Kier alpha value is -1.72. The molecule has 1 N–H and O–H groups in total. The van der Waals surface area contributed by atoms with E-state index < -0.39 is 5.79 Å². The van der Waals surface area contributed by atoms with Crippen molar-refractivity contribution >= 4 is 0 Å². The Labute approximate surface area is 181 Å². The fraction of sp³-hybridized carbons (Fsp3) is 0.538. The van der Waals surface area contributed by atoms with Crippen LogP contribution in [-0.4, -0.2) is 49.8 Å². The number of hydrogen-bond acceptors (Lipinski definition) is 4. The van der Waals surface area contributed by atoms with Gasteiger partial charge in [0, 0.05) is 17.2 Å². The lowest BCUT2D eigenvalue weighted by Gasteiger charge is -2.35. The van der Waals surface area contributed by atoms with Gasteiger partial charge >= 0.3 is 0 Å². The number of ether oxygens (including phenoxy) is 2. The predicted octanol–water partition coefficient (Wildman–Crippen LogP) is 4.40. The molecule has 0 saturated carbocycles. The molecule has 2 fully saturated rings. The summed E-state index contributed by atoms with van der Waals surface area (Å²) in [6.45, 7) is 9.67. The van der Waals surface area contributed by atoms with Crippen LogP contribution in [0.2, 0.25) is 0 Å². The monoisotopic (exact) mass is 408 g/mol. The van der Waals surface area contributed by atoms with Gasteiger partial charge in [-0.1, -0.05) is 74.5 Å². The molecule has 0 bridgehead atoms. The molecule has 2 heterocycles. The van der Waals surface area contributed by atoms with Gasteiger partial charge in [0.15, 0.2) is 0 Å². The zero-order valence-corrected chi connectivity index (χ0v) is 18.4. The highest BCUT2D eigenvalue weighted by Crippen LogP contribution is 2.42. The van der Waals surface area contributed by atoms with Crippen molar-refractivity contribution in [3.8, 4) is 0 Å². The van der Waals surface area contributed by atoms with Crippen molar-refractivity contribution in [3.63, 3.8) is 0 Å². The molecule has 4 nitrogen and oxygen atoms in total. The highest BCUT2D eigenvalue weighted by atomic mass is 16.7. The molecule has 162 valence electrons. The first-order valence-electron chi connectivity index (χ1n) is 11.6. The SMILES string of the molecule is CCN(CC)CCC1CCNC(C2COC(c3ccccc3)(c3ccccc3)O2)C1. The van der Waals surface area contributed by atoms with Crippen LogP contribution in [0.3, 0.4) is 0 Å². The van der Waals surface area contributed by atoms with Crippen LogP contribution in [0.5, 0.6) is 0 Å². The Balaban J connectivity index is 1.47. The number of nitrogens with one attached hydrogen (secondary N) is 1. The van der Waals surface area contributed by atoms with Crippen molar-refractivity contribution in [2.45, 2.75) is 51.0 Å². The third-order valence-corrected chi connectivity index (χ3v) is 6.82. The maximum absolute atomic E-state index is 6.78.